The second kappa shape index (κ2) is 3.77. The van der Waals surface area contributed by atoms with Crippen LogP contribution in [0.2, 0.25) is 0 Å². The van der Waals surface area contributed by atoms with Crippen molar-refractivity contribution in [3.63, 3.8) is 0 Å². The largest absolute Gasteiger partial charge is 0.481 e. The van der Waals surface area contributed by atoms with Crippen LogP contribution < -0.4 is 0 Å². The van der Waals surface area contributed by atoms with E-state index in [1.54, 1.807) is 26.8 Å². The summed E-state index contributed by atoms with van der Waals surface area (Å²) in [6, 6.07) is 0. The molecule has 0 unspecified atom stereocenters. The quantitative estimate of drug-likeness (QED) is 0.718. The maximum Gasteiger partial charge on any atom is 0.309 e. The average Bonchev–Trinajstić information content (AvgIpc) is 1.84. The summed E-state index contributed by atoms with van der Waals surface area (Å²) >= 11 is 5.56. The summed E-state index contributed by atoms with van der Waals surface area (Å²) in [6.07, 6.45) is 2.19. The minimum atomic E-state index is -0.799. The minimum absolute atomic E-state index is 0.470. The number of allylic oxidation sites excluding steroid dienone is 2. The van der Waals surface area contributed by atoms with E-state index in [0.717, 1.165) is 0 Å². The fraction of sp³-hybridized carbons (Fsp3) is 0.625. The van der Waals surface area contributed by atoms with E-state index >= 15 is 0 Å². The summed E-state index contributed by atoms with van der Waals surface area (Å²) in [7, 11) is 0. The number of hydrogen-bond donors (Lipinski definition) is 1. The van der Waals surface area contributed by atoms with Gasteiger partial charge in [-0.15, -0.1) is 0 Å². The normalized spacial score (nSPS) is 13.3. The molecular formula is C8H13ClO2. The molecule has 0 atom stereocenters. The number of aliphatic carboxylic acids is 1. The van der Waals surface area contributed by atoms with Gasteiger partial charge in [0.15, 0.2) is 0 Å². The zero-order valence-corrected chi connectivity index (χ0v) is 7.77. The predicted octanol–water partition coefficient (Wildman–Crippen LogP) is 2.63. The lowest BCUT2D eigenvalue weighted by Gasteiger charge is -2.15. The summed E-state index contributed by atoms with van der Waals surface area (Å²) in [5, 5.41) is 9.32. The molecule has 0 bridgehead atoms. The van der Waals surface area contributed by atoms with Gasteiger partial charge in [0.2, 0.25) is 0 Å². The number of carboxylic acid groups (broad SMARTS) is 1. The van der Waals surface area contributed by atoms with Crippen LogP contribution in [0.3, 0.4) is 0 Å². The Hall–Kier alpha value is -0.500. The molecule has 0 aromatic heterocycles. The molecular weight excluding hydrogens is 164 g/mol. The van der Waals surface area contributed by atoms with Gasteiger partial charge in [0.05, 0.1) is 5.41 Å². The minimum Gasteiger partial charge on any atom is -0.481 e. The molecule has 3 heteroatoms. The molecule has 0 aliphatic heterocycles. The highest BCUT2D eigenvalue weighted by molar-refractivity contribution is 6.29. The Morgan fingerprint density at radius 2 is 2.09 bits per heavy atom. The molecule has 0 saturated heterocycles. The third kappa shape index (κ3) is 4.04. The van der Waals surface area contributed by atoms with Crippen molar-refractivity contribution in [3.05, 3.63) is 11.1 Å². The molecule has 0 amide bonds. The standard InChI is InChI=1S/C8H13ClO2/c1-6(9)4-5-8(2,3)7(10)11/h4H,5H2,1-3H3,(H,10,11). The van der Waals surface area contributed by atoms with E-state index in [-0.39, 0.29) is 0 Å². The monoisotopic (exact) mass is 176 g/mol. The second-order valence-electron chi connectivity index (χ2n) is 3.18. The smallest absolute Gasteiger partial charge is 0.309 e. The molecule has 0 aromatic carbocycles. The molecule has 0 radical (unpaired) electrons. The first-order chi connectivity index (χ1) is 4.86. The fourth-order valence-corrected chi connectivity index (χ4v) is 0.560. The van der Waals surface area contributed by atoms with Crippen molar-refractivity contribution < 1.29 is 9.90 Å². The van der Waals surface area contributed by atoms with Crippen LogP contribution in [0, 0.1) is 5.41 Å². The summed E-state index contributed by atoms with van der Waals surface area (Å²) in [6.45, 7) is 5.08. The maximum atomic E-state index is 10.6. The summed E-state index contributed by atoms with van der Waals surface area (Å²) in [5.74, 6) is -0.799. The lowest BCUT2D eigenvalue weighted by atomic mass is 9.89. The predicted molar refractivity (Wildman–Crippen MR) is 45.6 cm³/mol. The van der Waals surface area contributed by atoms with E-state index in [2.05, 4.69) is 0 Å². The molecule has 0 aromatic rings. The van der Waals surface area contributed by atoms with Crippen LogP contribution >= 0.6 is 11.6 Å². The molecule has 0 spiro atoms. The average molecular weight is 177 g/mol. The van der Waals surface area contributed by atoms with Crippen LogP contribution in [0.4, 0.5) is 0 Å². The first kappa shape index (κ1) is 10.5. The van der Waals surface area contributed by atoms with Crippen molar-refractivity contribution in [2.75, 3.05) is 0 Å². The van der Waals surface area contributed by atoms with Crippen molar-refractivity contribution in [2.24, 2.45) is 5.41 Å². The van der Waals surface area contributed by atoms with Crippen LogP contribution in [0.15, 0.2) is 11.1 Å². The van der Waals surface area contributed by atoms with E-state index in [0.29, 0.717) is 11.5 Å². The van der Waals surface area contributed by atoms with E-state index in [1.807, 2.05) is 0 Å². The molecule has 0 heterocycles. The lowest BCUT2D eigenvalue weighted by molar-refractivity contribution is -0.146. The second-order valence-corrected chi connectivity index (χ2v) is 3.78. The van der Waals surface area contributed by atoms with Gasteiger partial charge in [-0.2, -0.15) is 0 Å². The summed E-state index contributed by atoms with van der Waals surface area (Å²) in [5.41, 5.74) is -0.712. The van der Waals surface area contributed by atoms with Gasteiger partial charge >= 0.3 is 5.97 Å². The van der Waals surface area contributed by atoms with Crippen LogP contribution in [0.5, 0.6) is 0 Å². The Kier molecular flexibility index (Phi) is 3.59. The lowest BCUT2D eigenvalue weighted by Crippen LogP contribution is -2.22. The maximum absolute atomic E-state index is 10.6. The highest BCUT2D eigenvalue weighted by Gasteiger charge is 2.25. The number of carbonyl (C=O) groups is 1. The molecule has 0 saturated carbocycles. The zero-order valence-electron chi connectivity index (χ0n) is 7.02. The van der Waals surface area contributed by atoms with Gasteiger partial charge in [-0.25, -0.2) is 0 Å². The first-order valence-electron chi connectivity index (χ1n) is 3.42. The Morgan fingerprint density at radius 3 is 2.36 bits per heavy atom. The Morgan fingerprint density at radius 1 is 1.64 bits per heavy atom. The van der Waals surface area contributed by atoms with Gasteiger partial charge in [-0.05, 0) is 27.2 Å². The molecule has 0 aliphatic rings. The number of carboxylic acids is 1. The van der Waals surface area contributed by atoms with E-state index in [9.17, 15) is 4.79 Å². The van der Waals surface area contributed by atoms with Crippen LogP contribution in [-0.4, -0.2) is 11.1 Å². The third-order valence-electron chi connectivity index (χ3n) is 1.47. The highest BCUT2D eigenvalue weighted by Crippen LogP contribution is 2.22. The number of halogens is 1. The molecule has 11 heavy (non-hydrogen) atoms. The zero-order chi connectivity index (χ0) is 9.07. The topological polar surface area (TPSA) is 37.3 Å². The van der Waals surface area contributed by atoms with Gasteiger partial charge in [-0.3, -0.25) is 4.79 Å². The Labute approximate surface area is 71.9 Å². The molecule has 64 valence electrons. The van der Waals surface area contributed by atoms with E-state index in [4.69, 9.17) is 16.7 Å². The Balaban J connectivity index is 4.14. The van der Waals surface area contributed by atoms with Crippen molar-refractivity contribution in [2.45, 2.75) is 27.2 Å². The van der Waals surface area contributed by atoms with Crippen LogP contribution in [0.25, 0.3) is 0 Å². The van der Waals surface area contributed by atoms with Crippen molar-refractivity contribution in [1.29, 1.82) is 0 Å². The van der Waals surface area contributed by atoms with Crippen LogP contribution in [0.1, 0.15) is 27.2 Å². The Bertz CT molecular complexity index is 179. The summed E-state index contributed by atoms with van der Waals surface area (Å²) < 4.78 is 0. The van der Waals surface area contributed by atoms with Crippen molar-refractivity contribution >= 4 is 17.6 Å². The van der Waals surface area contributed by atoms with E-state index < -0.39 is 11.4 Å². The van der Waals surface area contributed by atoms with Gasteiger partial charge in [0.1, 0.15) is 0 Å². The fourth-order valence-electron chi connectivity index (χ4n) is 0.483. The van der Waals surface area contributed by atoms with Gasteiger partial charge < -0.3 is 5.11 Å². The van der Waals surface area contributed by atoms with Crippen molar-refractivity contribution in [3.8, 4) is 0 Å². The number of rotatable bonds is 3. The SMILES string of the molecule is CC(Cl)=CCC(C)(C)C(=O)O. The summed E-state index contributed by atoms with van der Waals surface area (Å²) in [4.78, 5) is 10.6. The van der Waals surface area contributed by atoms with Gasteiger partial charge in [-0.1, -0.05) is 17.7 Å². The third-order valence-corrected chi connectivity index (χ3v) is 1.63. The number of hydrogen-bond acceptors (Lipinski definition) is 1. The molecule has 0 fully saturated rings. The van der Waals surface area contributed by atoms with Crippen molar-refractivity contribution in [1.82, 2.24) is 0 Å². The van der Waals surface area contributed by atoms with E-state index in [1.165, 1.54) is 0 Å². The molecule has 1 N–H and O–H groups in total. The molecule has 0 rings (SSSR count). The molecule has 0 aliphatic carbocycles. The van der Waals surface area contributed by atoms with Crippen LogP contribution in [-0.2, 0) is 4.79 Å². The van der Waals surface area contributed by atoms with Gasteiger partial charge in [0.25, 0.3) is 0 Å². The highest BCUT2D eigenvalue weighted by atomic mass is 35.5. The molecule has 2 nitrogen and oxygen atoms in total. The first-order valence-corrected chi connectivity index (χ1v) is 3.80. The van der Waals surface area contributed by atoms with Gasteiger partial charge in [0, 0.05) is 5.03 Å².